The van der Waals surface area contributed by atoms with Crippen LogP contribution in [0.1, 0.15) is 45.1 Å². The number of Topliss-reactive ketones (excluding diaryl/α,β-unsaturated/α-hetero) is 1. The molecule has 146 valence electrons. The molecule has 27 heavy (non-hydrogen) atoms. The molecule has 1 aromatic heterocycles. The van der Waals surface area contributed by atoms with Gasteiger partial charge in [0.2, 0.25) is 0 Å². The van der Waals surface area contributed by atoms with Gasteiger partial charge in [0.25, 0.3) is 0 Å². The number of methoxy groups -OCH3 is 1. The van der Waals surface area contributed by atoms with E-state index in [1.165, 1.54) is 0 Å². The fourth-order valence-corrected chi connectivity index (χ4v) is 6.09. The standard InChI is InChI=1S/C20H24O7/c1-11-8-13(21)15-16-14(25-17(22)26-16)4-6-19(15)18(11,2)10-20(23-3,27-19)12-5-7-24-9-12/h5,7,9,11,14-16H,4,6,8,10H2,1-3H3/t11-,14-,15+,16-,18+,19-,20-/m1/s1. The van der Waals surface area contributed by atoms with Crippen LogP contribution in [0.5, 0.6) is 0 Å². The Labute approximate surface area is 157 Å². The maximum Gasteiger partial charge on any atom is 0.509 e. The fourth-order valence-electron chi connectivity index (χ4n) is 6.09. The van der Waals surface area contributed by atoms with Crippen LogP contribution in [0, 0.1) is 17.3 Å². The van der Waals surface area contributed by atoms with Gasteiger partial charge in [-0.1, -0.05) is 13.8 Å². The van der Waals surface area contributed by atoms with Gasteiger partial charge in [0.1, 0.15) is 11.9 Å². The maximum absolute atomic E-state index is 13.2. The van der Waals surface area contributed by atoms with E-state index < -0.39 is 29.6 Å². The van der Waals surface area contributed by atoms with Crippen LogP contribution < -0.4 is 0 Å². The van der Waals surface area contributed by atoms with Crippen molar-refractivity contribution < 1.29 is 33.0 Å². The summed E-state index contributed by atoms with van der Waals surface area (Å²) in [6, 6.07) is 1.84. The first-order chi connectivity index (χ1) is 12.9. The van der Waals surface area contributed by atoms with Crippen LogP contribution in [0.3, 0.4) is 0 Å². The second kappa shape index (κ2) is 5.35. The van der Waals surface area contributed by atoms with E-state index in [0.29, 0.717) is 25.7 Å². The molecule has 4 fully saturated rings. The average molecular weight is 376 g/mol. The molecule has 1 aromatic rings. The second-order valence-electron chi connectivity index (χ2n) is 8.63. The van der Waals surface area contributed by atoms with E-state index >= 15 is 0 Å². The third-order valence-corrected chi connectivity index (χ3v) is 7.62. The smallest absolute Gasteiger partial charge is 0.472 e. The van der Waals surface area contributed by atoms with E-state index in [9.17, 15) is 9.59 Å². The zero-order valence-electron chi connectivity index (χ0n) is 15.7. The highest BCUT2D eigenvalue weighted by Crippen LogP contribution is 2.68. The van der Waals surface area contributed by atoms with Gasteiger partial charge in [-0.05, 0) is 24.8 Å². The third-order valence-electron chi connectivity index (χ3n) is 7.62. The summed E-state index contributed by atoms with van der Waals surface area (Å²) in [5, 5.41) is 0. The summed E-state index contributed by atoms with van der Waals surface area (Å²) < 4.78 is 28.8. The zero-order valence-corrected chi connectivity index (χ0v) is 15.7. The number of furan rings is 1. The predicted molar refractivity (Wildman–Crippen MR) is 90.6 cm³/mol. The Morgan fingerprint density at radius 3 is 2.78 bits per heavy atom. The summed E-state index contributed by atoms with van der Waals surface area (Å²) >= 11 is 0. The Hall–Kier alpha value is -1.86. The van der Waals surface area contributed by atoms with Crippen LogP contribution in [0.15, 0.2) is 23.0 Å². The van der Waals surface area contributed by atoms with Gasteiger partial charge in [0, 0.05) is 30.9 Å². The van der Waals surface area contributed by atoms with Crippen molar-refractivity contribution in [1.29, 1.82) is 0 Å². The lowest BCUT2D eigenvalue weighted by Gasteiger charge is -2.56. The number of ketones is 1. The van der Waals surface area contributed by atoms with Crippen LogP contribution >= 0.6 is 0 Å². The van der Waals surface area contributed by atoms with Gasteiger partial charge in [-0.25, -0.2) is 4.79 Å². The summed E-state index contributed by atoms with van der Waals surface area (Å²) in [6.45, 7) is 4.28. The van der Waals surface area contributed by atoms with Gasteiger partial charge in [0.05, 0.1) is 24.0 Å². The van der Waals surface area contributed by atoms with E-state index in [-0.39, 0.29) is 23.2 Å². The summed E-state index contributed by atoms with van der Waals surface area (Å²) in [4.78, 5) is 24.9. The first-order valence-corrected chi connectivity index (χ1v) is 9.53. The van der Waals surface area contributed by atoms with E-state index in [4.69, 9.17) is 23.4 Å². The van der Waals surface area contributed by atoms with Crippen molar-refractivity contribution in [1.82, 2.24) is 0 Å². The normalized spacial score (nSPS) is 48.4. The van der Waals surface area contributed by atoms with E-state index in [1.54, 1.807) is 19.6 Å². The first-order valence-electron chi connectivity index (χ1n) is 9.53. The second-order valence-corrected chi connectivity index (χ2v) is 8.63. The molecule has 3 heterocycles. The highest BCUT2D eigenvalue weighted by molar-refractivity contribution is 5.86. The summed E-state index contributed by atoms with van der Waals surface area (Å²) in [7, 11) is 1.62. The molecule has 1 spiro atoms. The lowest BCUT2D eigenvalue weighted by molar-refractivity contribution is -0.283. The largest absolute Gasteiger partial charge is 0.509 e. The topological polar surface area (TPSA) is 84.2 Å². The minimum absolute atomic E-state index is 0.0760. The van der Waals surface area contributed by atoms with Gasteiger partial charge in [0.15, 0.2) is 11.9 Å². The van der Waals surface area contributed by atoms with Crippen LogP contribution in [-0.4, -0.2) is 36.9 Å². The van der Waals surface area contributed by atoms with Gasteiger partial charge >= 0.3 is 6.16 Å². The lowest BCUT2D eigenvalue weighted by atomic mass is 9.49. The fraction of sp³-hybridized carbons (Fsp3) is 0.700. The third kappa shape index (κ3) is 1.99. The number of hydrogen-bond acceptors (Lipinski definition) is 7. The van der Waals surface area contributed by atoms with Crippen molar-refractivity contribution >= 4 is 11.9 Å². The number of carbonyl (C=O) groups is 2. The Morgan fingerprint density at radius 1 is 1.26 bits per heavy atom. The van der Waals surface area contributed by atoms with Crippen LogP contribution in [0.4, 0.5) is 4.79 Å². The van der Waals surface area contributed by atoms with Crippen molar-refractivity contribution in [2.24, 2.45) is 17.3 Å². The molecule has 0 amide bonds. The predicted octanol–water partition coefficient (Wildman–Crippen LogP) is 3.17. The first kappa shape index (κ1) is 17.3. The number of fused-ring (bicyclic) bond motifs is 2. The molecule has 7 heteroatoms. The van der Waals surface area contributed by atoms with Gasteiger partial charge in [-0.2, -0.15) is 0 Å². The Morgan fingerprint density at radius 2 is 2.07 bits per heavy atom. The van der Waals surface area contributed by atoms with Crippen LogP contribution in [0.25, 0.3) is 0 Å². The molecule has 2 saturated heterocycles. The molecule has 7 atom stereocenters. The SMILES string of the molecule is CO[C@]1(c2ccoc2)C[C@@]2(C)[C@H](C)CC(=O)[C@H]3[C@@H]4OC(=O)O[C@@H]4CC[C@@]32O1. The van der Waals surface area contributed by atoms with Crippen LogP contribution in [0.2, 0.25) is 0 Å². The minimum atomic E-state index is -0.991. The Kier molecular flexibility index (Phi) is 3.42. The Balaban J connectivity index is 1.66. The van der Waals surface area contributed by atoms with E-state index in [1.807, 2.05) is 6.07 Å². The van der Waals surface area contributed by atoms with Crippen molar-refractivity contribution in [2.75, 3.05) is 7.11 Å². The van der Waals surface area contributed by atoms with Crippen molar-refractivity contribution in [2.45, 2.75) is 63.1 Å². The molecule has 2 saturated carbocycles. The molecule has 0 unspecified atom stereocenters. The van der Waals surface area contributed by atoms with Gasteiger partial charge in [-0.3, -0.25) is 4.79 Å². The molecule has 0 radical (unpaired) electrons. The molecule has 2 aliphatic heterocycles. The van der Waals surface area contributed by atoms with E-state index in [2.05, 4.69) is 13.8 Å². The molecule has 0 bridgehead atoms. The Bertz CT molecular complexity index is 788. The molecule has 2 aliphatic carbocycles. The molecule has 5 rings (SSSR count). The lowest BCUT2D eigenvalue weighted by Crippen LogP contribution is -2.66. The molecular formula is C20H24O7. The van der Waals surface area contributed by atoms with Gasteiger partial charge in [-0.15, -0.1) is 0 Å². The van der Waals surface area contributed by atoms with Crippen molar-refractivity contribution in [3.05, 3.63) is 24.2 Å². The summed E-state index contributed by atoms with van der Waals surface area (Å²) in [5.41, 5.74) is -0.293. The van der Waals surface area contributed by atoms with Crippen molar-refractivity contribution in [3.63, 3.8) is 0 Å². The molecule has 4 aliphatic rings. The van der Waals surface area contributed by atoms with E-state index in [0.717, 1.165) is 5.56 Å². The highest BCUT2D eigenvalue weighted by Gasteiger charge is 2.75. The quantitative estimate of drug-likeness (QED) is 0.733. The minimum Gasteiger partial charge on any atom is -0.472 e. The van der Waals surface area contributed by atoms with Crippen molar-refractivity contribution in [3.8, 4) is 0 Å². The average Bonchev–Trinajstić information content (AvgIpc) is 3.32. The highest BCUT2D eigenvalue weighted by atomic mass is 16.8. The maximum atomic E-state index is 13.2. The molecule has 0 N–H and O–H groups in total. The number of ether oxygens (including phenoxy) is 4. The molecular weight excluding hydrogens is 352 g/mol. The van der Waals surface area contributed by atoms with Gasteiger partial charge < -0.3 is 23.4 Å². The summed E-state index contributed by atoms with van der Waals surface area (Å²) in [6.07, 6.45) is 3.81. The zero-order chi connectivity index (χ0) is 19.0. The number of carbonyl (C=O) groups excluding carboxylic acids is 2. The number of hydrogen-bond donors (Lipinski definition) is 0. The summed E-state index contributed by atoms with van der Waals surface area (Å²) in [5.74, 6) is -1.35. The monoisotopic (exact) mass is 376 g/mol. The molecule has 7 nitrogen and oxygen atoms in total. The molecule has 0 aromatic carbocycles. The van der Waals surface area contributed by atoms with Crippen LogP contribution in [-0.2, 0) is 29.5 Å². The number of rotatable bonds is 2.